The summed E-state index contributed by atoms with van der Waals surface area (Å²) in [5, 5.41) is 14.8. The van der Waals surface area contributed by atoms with Gasteiger partial charge in [0.2, 0.25) is 5.91 Å². The molecule has 0 radical (unpaired) electrons. The van der Waals surface area contributed by atoms with Crippen LogP contribution >= 0.6 is 0 Å². The van der Waals surface area contributed by atoms with Crippen molar-refractivity contribution in [1.29, 1.82) is 0 Å². The molecule has 146 valence electrons. The predicted octanol–water partition coefficient (Wildman–Crippen LogP) is 2.11. The molecule has 3 amide bonds. The number of amides is 3. The van der Waals surface area contributed by atoms with Crippen molar-refractivity contribution in [2.75, 3.05) is 6.54 Å². The Balaban J connectivity index is 1.54. The first-order valence-corrected chi connectivity index (χ1v) is 10.0. The summed E-state index contributed by atoms with van der Waals surface area (Å²) in [7, 11) is 0. The van der Waals surface area contributed by atoms with Crippen LogP contribution in [-0.4, -0.2) is 52.6 Å². The zero-order valence-electron chi connectivity index (χ0n) is 15.6. The highest BCUT2D eigenvalue weighted by atomic mass is 16.4. The summed E-state index contributed by atoms with van der Waals surface area (Å²) >= 11 is 0. The maximum atomic E-state index is 12.4. The van der Waals surface area contributed by atoms with E-state index in [4.69, 9.17) is 0 Å². The molecule has 7 nitrogen and oxygen atoms in total. The Morgan fingerprint density at radius 2 is 1.73 bits per heavy atom. The average molecular weight is 365 g/mol. The minimum Gasteiger partial charge on any atom is -0.480 e. The van der Waals surface area contributed by atoms with Gasteiger partial charge in [-0.15, -0.1) is 0 Å². The molecule has 2 aliphatic carbocycles. The number of urea groups is 1. The summed E-state index contributed by atoms with van der Waals surface area (Å²) in [6, 6.07) is -0.815. The highest BCUT2D eigenvalue weighted by Crippen LogP contribution is 2.39. The Labute approximate surface area is 154 Å². The Kier molecular flexibility index (Phi) is 6.16. The molecule has 1 heterocycles. The fraction of sp³-hybridized carbons (Fsp3) is 0.842. The number of nitrogens with one attached hydrogen (secondary N) is 2. The number of carbonyl (C=O) groups excluding carboxylic acids is 2. The third-order valence-electron chi connectivity index (χ3n) is 6.51. The van der Waals surface area contributed by atoms with E-state index >= 15 is 0 Å². The Morgan fingerprint density at radius 3 is 2.46 bits per heavy atom. The van der Waals surface area contributed by atoms with Crippen molar-refractivity contribution in [1.82, 2.24) is 15.5 Å². The molecule has 0 aromatic rings. The molecule has 7 heteroatoms. The number of hydrogen-bond donors (Lipinski definition) is 3. The lowest BCUT2D eigenvalue weighted by atomic mass is 9.85. The third-order valence-corrected chi connectivity index (χ3v) is 6.51. The highest BCUT2D eigenvalue weighted by Gasteiger charge is 2.45. The SMILES string of the molecule is CC1CCCCC1NC(=O)NC(=O)CN1C(C(=O)O)CC2CCCCC21. The molecule has 0 aromatic carbocycles. The van der Waals surface area contributed by atoms with E-state index in [0.717, 1.165) is 44.9 Å². The van der Waals surface area contributed by atoms with Gasteiger partial charge in [-0.25, -0.2) is 4.79 Å². The van der Waals surface area contributed by atoms with Gasteiger partial charge in [-0.3, -0.25) is 19.8 Å². The van der Waals surface area contributed by atoms with Gasteiger partial charge in [-0.2, -0.15) is 0 Å². The predicted molar refractivity (Wildman–Crippen MR) is 96.6 cm³/mol. The second kappa shape index (κ2) is 8.37. The fourth-order valence-electron chi connectivity index (χ4n) is 5.09. The summed E-state index contributed by atoms with van der Waals surface area (Å²) in [4.78, 5) is 37.9. The molecule has 3 N–H and O–H groups in total. The van der Waals surface area contributed by atoms with E-state index < -0.39 is 23.9 Å². The maximum absolute atomic E-state index is 12.4. The molecule has 5 atom stereocenters. The van der Waals surface area contributed by atoms with Crippen molar-refractivity contribution < 1.29 is 19.5 Å². The zero-order valence-corrected chi connectivity index (χ0v) is 15.6. The van der Waals surface area contributed by atoms with Crippen LogP contribution < -0.4 is 10.6 Å². The standard InChI is InChI=1S/C19H31N3O4/c1-12-6-2-4-8-14(12)20-19(26)21-17(23)11-22-15-9-5-3-7-13(15)10-16(22)18(24)25/h12-16H,2-11H2,1H3,(H,24,25)(H2,20,21,23,26). The molecule has 26 heavy (non-hydrogen) atoms. The van der Waals surface area contributed by atoms with Gasteiger partial charge < -0.3 is 10.4 Å². The maximum Gasteiger partial charge on any atom is 0.321 e. The number of carboxylic acids is 1. The quantitative estimate of drug-likeness (QED) is 0.709. The van der Waals surface area contributed by atoms with Crippen molar-refractivity contribution in [3.63, 3.8) is 0 Å². The first kappa shape index (κ1) is 19.1. The number of imide groups is 1. The molecule has 1 aliphatic heterocycles. The van der Waals surface area contributed by atoms with Crippen molar-refractivity contribution in [3.05, 3.63) is 0 Å². The zero-order chi connectivity index (χ0) is 18.7. The number of fused-ring (bicyclic) bond motifs is 1. The van der Waals surface area contributed by atoms with Gasteiger partial charge in [0, 0.05) is 12.1 Å². The lowest BCUT2D eigenvalue weighted by Crippen LogP contribution is -2.52. The van der Waals surface area contributed by atoms with Crippen molar-refractivity contribution in [2.45, 2.75) is 82.8 Å². The molecule has 5 unspecified atom stereocenters. The third kappa shape index (κ3) is 4.37. The van der Waals surface area contributed by atoms with Crippen LogP contribution in [0.3, 0.4) is 0 Å². The van der Waals surface area contributed by atoms with Crippen LogP contribution in [0.25, 0.3) is 0 Å². The number of aliphatic carboxylic acids is 1. The number of carboxylic acid groups (broad SMARTS) is 1. The summed E-state index contributed by atoms with van der Waals surface area (Å²) < 4.78 is 0. The monoisotopic (exact) mass is 365 g/mol. The van der Waals surface area contributed by atoms with Crippen LogP contribution in [0.5, 0.6) is 0 Å². The molecule has 0 bridgehead atoms. The van der Waals surface area contributed by atoms with Crippen molar-refractivity contribution in [3.8, 4) is 0 Å². The smallest absolute Gasteiger partial charge is 0.321 e. The summed E-state index contributed by atoms with van der Waals surface area (Å²) in [5.41, 5.74) is 0. The van der Waals surface area contributed by atoms with E-state index in [1.54, 1.807) is 4.90 Å². The number of hydrogen-bond acceptors (Lipinski definition) is 4. The topological polar surface area (TPSA) is 98.7 Å². The average Bonchev–Trinajstić information content (AvgIpc) is 2.96. The fourth-order valence-corrected chi connectivity index (χ4v) is 5.09. The van der Waals surface area contributed by atoms with Gasteiger partial charge in [0.1, 0.15) is 6.04 Å². The van der Waals surface area contributed by atoms with Crippen LogP contribution in [-0.2, 0) is 9.59 Å². The summed E-state index contributed by atoms with van der Waals surface area (Å²) in [6.07, 6.45) is 9.12. The first-order chi connectivity index (χ1) is 12.5. The van der Waals surface area contributed by atoms with Gasteiger partial charge in [0.15, 0.2) is 0 Å². The summed E-state index contributed by atoms with van der Waals surface area (Å²) in [5.74, 6) is -0.506. The van der Waals surface area contributed by atoms with Gasteiger partial charge >= 0.3 is 12.0 Å². The lowest BCUT2D eigenvalue weighted by Gasteiger charge is -2.32. The minimum atomic E-state index is -0.868. The molecule has 3 fully saturated rings. The second-order valence-corrected chi connectivity index (χ2v) is 8.26. The number of rotatable bonds is 4. The highest BCUT2D eigenvalue weighted by molar-refractivity contribution is 5.95. The molecular formula is C19H31N3O4. The van der Waals surface area contributed by atoms with E-state index in [1.807, 2.05) is 0 Å². The van der Waals surface area contributed by atoms with E-state index in [2.05, 4.69) is 17.6 Å². The van der Waals surface area contributed by atoms with Crippen LogP contribution in [0.4, 0.5) is 4.79 Å². The second-order valence-electron chi connectivity index (χ2n) is 8.26. The Morgan fingerprint density at radius 1 is 1.04 bits per heavy atom. The van der Waals surface area contributed by atoms with E-state index in [9.17, 15) is 19.5 Å². The van der Waals surface area contributed by atoms with Crippen LogP contribution in [0.1, 0.15) is 64.7 Å². The van der Waals surface area contributed by atoms with Crippen molar-refractivity contribution in [2.24, 2.45) is 11.8 Å². The Bertz CT molecular complexity index is 553. The van der Waals surface area contributed by atoms with E-state index in [1.165, 1.54) is 6.42 Å². The van der Waals surface area contributed by atoms with Crippen LogP contribution in [0.2, 0.25) is 0 Å². The molecule has 1 saturated heterocycles. The lowest BCUT2D eigenvalue weighted by molar-refractivity contribution is -0.143. The molecule has 3 rings (SSSR count). The van der Waals surface area contributed by atoms with E-state index in [0.29, 0.717) is 18.3 Å². The normalized spacial score (nSPS) is 34.7. The largest absolute Gasteiger partial charge is 0.480 e. The number of likely N-dealkylation sites (tertiary alicyclic amines) is 1. The molecule has 3 aliphatic rings. The van der Waals surface area contributed by atoms with Gasteiger partial charge in [-0.1, -0.05) is 32.6 Å². The minimum absolute atomic E-state index is 0.0221. The van der Waals surface area contributed by atoms with Crippen molar-refractivity contribution >= 4 is 17.9 Å². The first-order valence-electron chi connectivity index (χ1n) is 10.0. The van der Waals surface area contributed by atoms with E-state index in [-0.39, 0.29) is 18.6 Å². The molecular weight excluding hydrogens is 334 g/mol. The molecule has 2 saturated carbocycles. The van der Waals surface area contributed by atoms with Gasteiger partial charge in [0.05, 0.1) is 6.54 Å². The van der Waals surface area contributed by atoms with Gasteiger partial charge in [0.25, 0.3) is 0 Å². The molecule has 0 aromatic heterocycles. The Hall–Kier alpha value is -1.63. The summed E-state index contributed by atoms with van der Waals surface area (Å²) in [6.45, 7) is 2.10. The number of carbonyl (C=O) groups is 3. The number of nitrogens with zero attached hydrogens (tertiary/aromatic N) is 1. The van der Waals surface area contributed by atoms with Gasteiger partial charge in [-0.05, 0) is 43.9 Å². The molecule has 0 spiro atoms. The van der Waals surface area contributed by atoms with Crippen LogP contribution in [0.15, 0.2) is 0 Å². The van der Waals surface area contributed by atoms with Crippen LogP contribution in [0, 0.1) is 11.8 Å².